The third kappa shape index (κ3) is 3.61. The summed E-state index contributed by atoms with van der Waals surface area (Å²) in [4.78, 5) is 25.8. The average molecular weight is 398 g/mol. The van der Waals surface area contributed by atoms with Crippen molar-refractivity contribution < 1.29 is 13.9 Å². The number of amides is 1. The zero-order valence-corrected chi connectivity index (χ0v) is 16.2. The molecule has 1 amide bonds. The van der Waals surface area contributed by atoms with Gasteiger partial charge >= 0.3 is 0 Å². The predicted molar refractivity (Wildman–Crippen MR) is 108 cm³/mol. The number of halogens is 1. The van der Waals surface area contributed by atoms with E-state index in [4.69, 9.17) is 9.72 Å². The molecule has 2 aromatic heterocycles. The van der Waals surface area contributed by atoms with Gasteiger partial charge in [0.2, 0.25) is 0 Å². The van der Waals surface area contributed by atoms with Crippen molar-refractivity contribution in [2.24, 2.45) is 0 Å². The minimum Gasteiger partial charge on any atom is -0.378 e. The summed E-state index contributed by atoms with van der Waals surface area (Å²) in [5.74, 6) is -0.890. The lowest BCUT2D eigenvalue weighted by molar-refractivity contribution is 0.0995. The second kappa shape index (κ2) is 8.04. The van der Waals surface area contributed by atoms with Crippen LogP contribution in [0.3, 0.4) is 0 Å². The van der Waals surface area contributed by atoms with Crippen molar-refractivity contribution in [2.75, 3.05) is 43.2 Å². The molecular weight excluding hydrogens is 379 g/mol. The first-order chi connectivity index (χ1) is 13.6. The number of anilines is 2. The Balaban J connectivity index is 1.75. The van der Waals surface area contributed by atoms with E-state index in [1.807, 2.05) is 30.3 Å². The number of pyridine rings is 1. The molecule has 0 unspecified atom stereocenters. The quantitative estimate of drug-likeness (QED) is 0.674. The number of rotatable bonds is 4. The van der Waals surface area contributed by atoms with E-state index in [0.29, 0.717) is 23.8 Å². The Bertz CT molecular complexity index is 973. The molecule has 1 aliphatic heterocycles. The van der Waals surface area contributed by atoms with E-state index in [9.17, 15) is 9.18 Å². The lowest BCUT2D eigenvalue weighted by Crippen LogP contribution is -2.36. The number of benzene rings is 1. The van der Waals surface area contributed by atoms with Crippen LogP contribution in [0, 0.1) is 5.82 Å². The highest BCUT2D eigenvalue weighted by molar-refractivity contribution is 7.18. The Labute approximate surface area is 166 Å². The van der Waals surface area contributed by atoms with Gasteiger partial charge in [-0.15, -0.1) is 0 Å². The van der Waals surface area contributed by atoms with Crippen LogP contribution in [-0.2, 0) is 4.74 Å². The summed E-state index contributed by atoms with van der Waals surface area (Å²) < 4.78 is 19.6. The normalized spacial score (nSPS) is 14.1. The number of carbonyl (C=O) groups excluding carboxylic acids is 1. The van der Waals surface area contributed by atoms with Crippen LogP contribution in [0.25, 0.3) is 11.3 Å². The molecule has 1 fully saturated rings. The Morgan fingerprint density at radius 3 is 2.64 bits per heavy atom. The van der Waals surface area contributed by atoms with Gasteiger partial charge in [-0.2, -0.15) is 0 Å². The average Bonchev–Trinajstić information content (AvgIpc) is 3.20. The van der Waals surface area contributed by atoms with E-state index in [0.717, 1.165) is 23.8 Å². The summed E-state index contributed by atoms with van der Waals surface area (Å²) in [6, 6.07) is 12.3. The molecule has 0 spiro atoms. The molecule has 3 aromatic rings. The molecule has 144 valence electrons. The molecule has 0 saturated carbocycles. The second-order valence-corrected chi connectivity index (χ2v) is 7.29. The van der Waals surface area contributed by atoms with Crippen LogP contribution in [0.5, 0.6) is 0 Å². The number of ether oxygens (including phenoxy) is 1. The van der Waals surface area contributed by atoms with E-state index in [-0.39, 0.29) is 11.7 Å². The summed E-state index contributed by atoms with van der Waals surface area (Å²) >= 11 is 1.32. The SMILES string of the molecule is CN(C(=O)c1sc(N2CCOCC2)nc1-c1ccccc1)c1ncccc1F. The number of thiazole rings is 1. The van der Waals surface area contributed by atoms with E-state index < -0.39 is 5.82 Å². The van der Waals surface area contributed by atoms with Gasteiger partial charge in [-0.05, 0) is 12.1 Å². The molecule has 1 aromatic carbocycles. The molecule has 1 saturated heterocycles. The molecular formula is C20H19FN4O2S. The minimum absolute atomic E-state index is 0.00664. The minimum atomic E-state index is -0.544. The monoisotopic (exact) mass is 398 g/mol. The Kier molecular flexibility index (Phi) is 5.31. The number of aromatic nitrogens is 2. The third-order valence-corrected chi connectivity index (χ3v) is 5.60. The van der Waals surface area contributed by atoms with E-state index in [2.05, 4.69) is 9.88 Å². The van der Waals surface area contributed by atoms with Crippen molar-refractivity contribution in [3.8, 4) is 11.3 Å². The van der Waals surface area contributed by atoms with Crippen molar-refractivity contribution in [3.05, 3.63) is 59.4 Å². The maximum Gasteiger partial charge on any atom is 0.271 e. The topological polar surface area (TPSA) is 58.6 Å². The molecule has 6 nitrogen and oxygen atoms in total. The molecule has 28 heavy (non-hydrogen) atoms. The molecule has 0 radical (unpaired) electrons. The van der Waals surface area contributed by atoms with Gasteiger partial charge in [-0.25, -0.2) is 14.4 Å². The van der Waals surface area contributed by atoms with Crippen molar-refractivity contribution in [3.63, 3.8) is 0 Å². The highest BCUT2D eigenvalue weighted by atomic mass is 32.1. The van der Waals surface area contributed by atoms with Crippen molar-refractivity contribution in [1.82, 2.24) is 9.97 Å². The number of nitrogens with zero attached hydrogens (tertiary/aromatic N) is 4. The molecule has 0 bridgehead atoms. The highest BCUT2D eigenvalue weighted by Gasteiger charge is 2.27. The van der Waals surface area contributed by atoms with Crippen LogP contribution in [0.15, 0.2) is 48.7 Å². The molecule has 0 aliphatic carbocycles. The standard InChI is InChI=1S/C20H19FN4O2S/c1-24(18-15(21)8-5-9-22-18)19(26)17-16(14-6-3-2-4-7-14)23-20(28-17)25-10-12-27-13-11-25/h2-9H,10-13H2,1H3. The number of carbonyl (C=O) groups is 1. The van der Waals surface area contributed by atoms with Gasteiger partial charge in [0.05, 0.1) is 18.9 Å². The maximum atomic E-state index is 14.1. The van der Waals surface area contributed by atoms with Gasteiger partial charge in [0.1, 0.15) is 4.88 Å². The van der Waals surface area contributed by atoms with Gasteiger partial charge in [0.25, 0.3) is 5.91 Å². The van der Waals surface area contributed by atoms with Crippen molar-refractivity contribution in [2.45, 2.75) is 0 Å². The molecule has 8 heteroatoms. The molecule has 3 heterocycles. The van der Waals surface area contributed by atoms with E-state index in [1.165, 1.54) is 41.6 Å². The zero-order chi connectivity index (χ0) is 19.5. The molecule has 4 rings (SSSR count). The molecule has 0 N–H and O–H groups in total. The Morgan fingerprint density at radius 2 is 1.93 bits per heavy atom. The van der Waals surface area contributed by atoms with Crippen LogP contribution < -0.4 is 9.80 Å². The van der Waals surface area contributed by atoms with E-state index in [1.54, 1.807) is 0 Å². The second-order valence-electron chi connectivity index (χ2n) is 6.31. The van der Waals surface area contributed by atoms with Crippen molar-refractivity contribution in [1.29, 1.82) is 0 Å². The number of hydrogen-bond acceptors (Lipinski definition) is 6. The lowest BCUT2D eigenvalue weighted by atomic mass is 10.1. The van der Waals surface area contributed by atoms with Crippen LogP contribution in [-0.4, -0.2) is 49.2 Å². The van der Waals surface area contributed by atoms with Gasteiger partial charge in [0, 0.05) is 31.9 Å². The molecule has 0 atom stereocenters. The Morgan fingerprint density at radius 1 is 1.18 bits per heavy atom. The predicted octanol–water partition coefficient (Wildman–Crippen LogP) is 3.46. The van der Waals surface area contributed by atoms with Gasteiger partial charge in [-0.3, -0.25) is 9.69 Å². The number of morpholine rings is 1. The zero-order valence-electron chi connectivity index (χ0n) is 15.3. The fourth-order valence-electron chi connectivity index (χ4n) is 3.01. The van der Waals surface area contributed by atoms with E-state index >= 15 is 0 Å². The fourth-order valence-corrected chi connectivity index (χ4v) is 4.12. The van der Waals surface area contributed by atoms with Crippen LogP contribution in [0.2, 0.25) is 0 Å². The van der Waals surface area contributed by atoms with Crippen LogP contribution in [0.4, 0.5) is 15.3 Å². The first kappa shape index (κ1) is 18.5. The van der Waals surface area contributed by atoms with Crippen LogP contribution >= 0.6 is 11.3 Å². The first-order valence-corrected chi connectivity index (χ1v) is 9.74. The summed E-state index contributed by atoms with van der Waals surface area (Å²) in [7, 11) is 1.52. The largest absolute Gasteiger partial charge is 0.378 e. The van der Waals surface area contributed by atoms with Gasteiger partial charge in [0.15, 0.2) is 16.8 Å². The Hall–Kier alpha value is -2.84. The maximum absolute atomic E-state index is 14.1. The lowest BCUT2D eigenvalue weighted by Gasteiger charge is -2.26. The van der Waals surface area contributed by atoms with Gasteiger partial charge < -0.3 is 9.64 Å². The van der Waals surface area contributed by atoms with Crippen molar-refractivity contribution >= 4 is 28.2 Å². The summed E-state index contributed by atoms with van der Waals surface area (Å²) in [6.07, 6.45) is 1.46. The first-order valence-electron chi connectivity index (χ1n) is 8.92. The smallest absolute Gasteiger partial charge is 0.271 e. The summed E-state index contributed by atoms with van der Waals surface area (Å²) in [5.41, 5.74) is 1.44. The molecule has 1 aliphatic rings. The number of hydrogen-bond donors (Lipinski definition) is 0. The van der Waals surface area contributed by atoms with Crippen LogP contribution in [0.1, 0.15) is 9.67 Å². The summed E-state index contributed by atoms with van der Waals surface area (Å²) in [6.45, 7) is 2.70. The fraction of sp³-hybridized carbons (Fsp3) is 0.250. The highest BCUT2D eigenvalue weighted by Crippen LogP contribution is 2.35. The third-order valence-electron chi connectivity index (χ3n) is 4.50. The van der Waals surface area contributed by atoms with Gasteiger partial charge in [-0.1, -0.05) is 41.7 Å². The summed E-state index contributed by atoms with van der Waals surface area (Å²) in [5, 5.41) is 0.764.